The lowest BCUT2D eigenvalue weighted by Crippen LogP contribution is -2.12. The minimum Gasteiger partial charge on any atom is -0.507 e. The number of aromatic hydroxyl groups is 1. The second-order valence-electron chi connectivity index (χ2n) is 7.03. The van der Waals surface area contributed by atoms with Crippen molar-refractivity contribution in [3.8, 4) is 5.75 Å². The van der Waals surface area contributed by atoms with Crippen LogP contribution in [0.5, 0.6) is 5.75 Å². The van der Waals surface area contributed by atoms with Gasteiger partial charge in [-0.2, -0.15) is 0 Å². The molecule has 0 fully saturated rings. The molecular weight excluding hydrogens is 452 g/mol. The molecule has 1 heterocycles. The number of halogens is 1. The number of nitrogens with zero attached hydrogens (tertiary/aromatic N) is 2. The number of hydrogen-bond acceptors (Lipinski definition) is 5. The minimum atomic E-state index is -0.362. The number of aromatic nitrogens is 1. The summed E-state index contributed by atoms with van der Waals surface area (Å²) in [6.45, 7) is 2.72. The Balaban J connectivity index is 2.21. The first-order chi connectivity index (χ1) is 13.8. The van der Waals surface area contributed by atoms with E-state index < -0.39 is 0 Å². The molecule has 0 aliphatic carbocycles. The highest BCUT2D eigenvalue weighted by molar-refractivity contribution is 9.10. The molecule has 3 aromatic rings. The summed E-state index contributed by atoms with van der Waals surface area (Å²) in [5.41, 5.74) is 3.27. The molecule has 2 aromatic carbocycles. The van der Waals surface area contributed by atoms with E-state index in [-0.39, 0.29) is 11.7 Å². The number of aryl methyl sites for hydroxylation is 1. The monoisotopic (exact) mass is 476 g/mol. The first-order valence-corrected chi connectivity index (χ1v) is 11.1. The zero-order chi connectivity index (χ0) is 21.1. The lowest BCUT2D eigenvalue weighted by molar-refractivity contribution is 0.0527. The van der Waals surface area contributed by atoms with Crippen LogP contribution in [0.15, 0.2) is 45.8 Å². The molecule has 0 unspecified atom stereocenters. The number of carbonyl (C=O) groups excluding carboxylic acids is 1. The molecule has 1 aromatic heterocycles. The molecule has 154 valence electrons. The molecule has 0 radical (unpaired) electrons. The molecule has 7 heteroatoms. The Morgan fingerprint density at radius 2 is 1.97 bits per heavy atom. The first-order valence-electron chi connectivity index (χ1n) is 9.36. The molecular formula is C22H25BrN2O3S. The Labute approximate surface area is 183 Å². The van der Waals surface area contributed by atoms with Gasteiger partial charge in [0.05, 0.1) is 22.2 Å². The Morgan fingerprint density at radius 1 is 1.28 bits per heavy atom. The van der Waals surface area contributed by atoms with Gasteiger partial charge >= 0.3 is 5.97 Å². The summed E-state index contributed by atoms with van der Waals surface area (Å²) in [6, 6.07) is 11.7. The largest absolute Gasteiger partial charge is 0.507 e. The molecule has 0 amide bonds. The van der Waals surface area contributed by atoms with Crippen LogP contribution in [0.3, 0.4) is 0 Å². The van der Waals surface area contributed by atoms with Crippen LogP contribution in [0, 0.1) is 0 Å². The molecule has 0 aliphatic rings. The molecule has 0 spiro atoms. The van der Waals surface area contributed by atoms with Crippen molar-refractivity contribution in [1.82, 2.24) is 9.47 Å². The SMILES string of the molecule is CCOC(=O)c1c(CSc2ccccc2)n(C)c2c(CN(C)C)c(Br)c(O)cc12. The number of rotatable bonds is 7. The zero-order valence-electron chi connectivity index (χ0n) is 17.0. The average molecular weight is 477 g/mol. The number of phenols is 1. The van der Waals surface area contributed by atoms with Gasteiger partial charge in [-0.25, -0.2) is 4.79 Å². The lowest BCUT2D eigenvalue weighted by Gasteiger charge is -2.15. The van der Waals surface area contributed by atoms with Crippen LogP contribution < -0.4 is 0 Å². The second-order valence-corrected chi connectivity index (χ2v) is 8.87. The predicted molar refractivity (Wildman–Crippen MR) is 122 cm³/mol. The van der Waals surface area contributed by atoms with Gasteiger partial charge < -0.3 is 19.3 Å². The Kier molecular flexibility index (Phi) is 6.93. The summed E-state index contributed by atoms with van der Waals surface area (Å²) < 4.78 is 8.07. The van der Waals surface area contributed by atoms with Gasteiger partial charge in [-0.05, 0) is 55.1 Å². The van der Waals surface area contributed by atoms with Crippen LogP contribution in [0.25, 0.3) is 10.9 Å². The quantitative estimate of drug-likeness (QED) is 0.376. The third kappa shape index (κ3) is 4.47. The highest BCUT2D eigenvalue weighted by atomic mass is 79.9. The highest BCUT2D eigenvalue weighted by Gasteiger charge is 2.26. The van der Waals surface area contributed by atoms with Crippen molar-refractivity contribution in [2.75, 3.05) is 20.7 Å². The maximum Gasteiger partial charge on any atom is 0.340 e. The normalized spacial score (nSPS) is 11.4. The number of esters is 1. The summed E-state index contributed by atoms with van der Waals surface area (Å²) in [5, 5.41) is 11.2. The Morgan fingerprint density at radius 3 is 2.59 bits per heavy atom. The van der Waals surface area contributed by atoms with E-state index in [0.29, 0.717) is 34.3 Å². The number of ether oxygens (including phenoxy) is 1. The summed E-state index contributed by atoms with van der Waals surface area (Å²) in [6.07, 6.45) is 0. The van der Waals surface area contributed by atoms with Gasteiger partial charge in [0.2, 0.25) is 0 Å². The molecule has 5 nitrogen and oxygen atoms in total. The molecule has 0 saturated carbocycles. The van der Waals surface area contributed by atoms with Crippen LogP contribution >= 0.6 is 27.7 Å². The van der Waals surface area contributed by atoms with Crippen LogP contribution in [0.1, 0.15) is 28.5 Å². The van der Waals surface area contributed by atoms with Crippen molar-refractivity contribution in [2.24, 2.45) is 7.05 Å². The second kappa shape index (κ2) is 9.24. The third-order valence-corrected chi connectivity index (χ3v) is 6.59. The smallest absolute Gasteiger partial charge is 0.340 e. The highest BCUT2D eigenvalue weighted by Crippen LogP contribution is 2.40. The third-order valence-electron chi connectivity index (χ3n) is 4.68. The number of phenolic OH excluding ortho intramolecular Hbond substituents is 1. The fraction of sp³-hybridized carbons (Fsp3) is 0.318. The predicted octanol–water partition coefficient (Wildman–Crippen LogP) is 5.18. The molecule has 0 aliphatic heterocycles. The lowest BCUT2D eigenvalue weighted by atomic mass is 10.1. The molecule has 0 saturated heterocycles. The first kappa shape index (κ1) is 21.7. The van der Waals surface area contributed by atoms with Crippen LogP contribution in [-0.2, 0) is 24.1 Å². The number of hydrogen-bond donors (Lipinski definition) is 1. The van der Waals surface area contributed by atoms with E-state index in [1.165, 1.54) is 0 Å². The zero-order valence-corrected chi connectivity index (χ0v) is 19.4. The molecule has 3 rings (SSSR count). The summed E-state index contributed by atoms with van der Waals surface area (Å²) in [7, 11) is 5.92. The van der Waals surface area contributed by atoms with Crippen LogP contribution in [-0.4, -0.2) is 41.2 Å². The average Bonchev–Trinajstić information content (AvgIpc) is 2.96. The van der Waals surface area contributed by atoms with Gasteiger partial charge in [-0.15, -0.1) is 11.8 Å². The molecule has 0 atom stereocenters. The van der Waals surface area contributed by atoms with Crippen LogP contribution in [0.4, 0.5) is 0 Å². The van der Waals surface area contributed by atoms with Crippen molar-refractivity contribution < 1.29 is 14.6 Å². The van der Waals surface area contributed by atoms with Gasteiger partial charge in [0.15, 0.2) is 0 Å². The van der Waals surface area contributed by atoms with Gasteiger partial charge in [0, 0.05) is 40.9 Å². The molecule has 1 N–H and O–H groups in total. The fourth-order valence-corrected chi connectivity index (χ4v) is 4.87. The Bertz CT molecular complexity index is 1030. The summed E-state index contributed by atoms with van der Waals surface area (Å²) >= 11 is 5.20. The topological polar surface area (TPSA) is 54.7 Å². The van der Waals surface area contributed by atoms with E-state index in [1.807, 2.05) is 44.2 Å². The van der Waals surface area contributed by atoms with Gasteiger partial charge in [0.25, 0.3) is 0 Å². The maximum absolute atomic E-state index is 12.9. The van der Waals surface area contributed by atoms with Gasteiger partial charge in [0.1, 0.15) is 5.75 Å². The van der Waals surface area contributed by atoms with Crippen molar-refractivity contribution in [3.63, 3.8) is 0 Å². The molecule has 0 bridgehead atoms. The molecule has 29 heavy (non-hydrogen) atoms. The van der Waals surface area contributed by atoms with E-state index in [0.717, 1.165) is 21.7 Å². The Hall–Kier alpha value is -1.96. The maximum atomic E-state index is 12.9. The minimum absolute atomic E-state index is 0.118. The number of fused-ring (bicyclic) bond motifs is 1. The van der Waals surface area contributed by atoms with E-state index in [2.05, 4.69) is 32.6 Å². The van der Waals surface area contributed by atoms with Crippen molar-refractivity contribution in [3.05, 3.63) is 57.7 Å². The van der Waals surface area contributed by atoms with E-state index in [9.17, 15) is 9.90 Å². The number of benzene rings is 2. The van der Waals surface area contributed by atoms with Crippen molar-refractivity contribution >= 4 is 44.6 Å². The van der Waals surface area contributed by atoms with Gasteiger partial charge in [-0.1, -0.05) is 18.2 Å². The summed E-state index contributed by atoms with van der Waals surface area (Å²) in [5.74, 6) is 0.371. The van der Waals surface area contributed by atoms with E-state index >= 15 is 0 Å². The van der Waals surface area contributed by atoms with Crippen molar-refractivity contribution in [1.29, 1.82) is 0 Å². The van der Waals surface area contributed by atoms with Crippen LogP contribution in [0.2, 0.25) is 0 Å². The number of thioether (sulfide) groups is 1. The standard InChI is InChI=1S/C22H25BrN2O3S/c1-5-28-22(27)19-15-11-18(26)20(23)16(12-24(2)3)21(15)25(4)17(19)13-29-14-9-7-6-8-10-14/h6-11,26H,5,12-13H2,1-4H3. The summed E-state index contributed by atoms with van der Waals surface area (Å²) in [4.78, 5) is 16.1. The van der Waals surface area contributed by atoms with Crippen molar-refractivity contribution in [2.45, 2.75) is 24.1 Å². The van der Waals surface area contributed by atoms with E-state index in [4.69, 9.17) is 4.74 Å². The fourth-order valence-electron chi connectivity index (χ4n) is 3.45. The van der Waals surface area contributed by atoms with E-state index in [1.54, 1.807) is 24.8 Å². The van der Waals surface area contributed by atoms with Gasteiger partial charge in [-0.3, -0.25) is 0 Å². The number of carbonyl (C=O) groups is 1.